The molecule has 2 rings (SSSR count). The van der Waals surface area contributed by atoms with E-state index in [0.717, 1.165) is 23.1 Å². The molecule has 4 nitrogen and oxygen atoms in total. The van der Waals surface area contributed by atoms with E-state index in [4.69, 9.17) is 21.7 Å². The number of hydrogen-bond donors (Lipinski definition) is 2. The Morgan fingerprint density at radius 1 is 1.05 bits per heavy atom. The maximum atomic E-state index is 5.40. The van der Waals surface area contributed by atoms with Gasteiger partial charge in [-0.15, -0.1) is 0 Å². The topological polar surface area (TPSA) is 42.5 Å². The third-order valence-electron chi connectivity index (χ3n) is 3.96. The minimum Gasteiger partial charge on any atom is -0.497 e. The van der Waals surface area contributed by atoms with Gasteiger partial charge in [-0.1, -0.05) is 6.92 Å². The molecule has 0 aliphatic heterocycles. The normalized spacial score (nSPS) is 21.5. The van der Waals surface area contributed by atoms with Gasteiger partial charge < -0.3 is 20.1 Å². The van der Waals surface area contributed by atoms with Crippen molar-refractivity contribution < 1.29 is 9.47 Å². The molecule has 21 heavy (non-hydrogen) atoms. The lowest BCUT2D eigenvalue weighted by atomic mass is 9.87. The van der Waals surface area contributed by atoms with Gasteiger partial charge in [0.05, 0.1) is 14.2 Å². The molecule has 0 heterocycles. The number of hydrogen-bond acceptors (Lipinski definition) is 3. The second-order valence-electron chi connectivity index (χ2n) is 5.66. The summed E-state index contributed by atoms with van der Waals surface area (Å²) < 4.78 is 10.5. The fourth-order valence-corrected chi connectivity index (χ4v) is 2.92. The molecule has 0 unspecified atom stereocenters. The van der Waals surface area contributed by atoms with Crippen LogP contribution in [0.5, 0.6) is 11.5 Å². The van der Waals surface area contributed by atoms with E-state index in [-0.39, 0.29) is 0 Å². The lowest BCUT2D eigenvalue weighted by molar-refractivity contribution is 0.332. The van der Waals surface area contributed by atoms with E-state index < -0.39 is 0 Å². The first-order valence-corrected chi connectivity index (χ1v) is 7.82. The standard InChI is InChI=1S/C16H24N2O2S/c1-11-4-6-12(7-5-11)17-16(21)18-13-8-14(19-2)10-15(9-13)20-3/h8-12H,4-7H2,1-3H3,(H2,17,18,21). The molecule has 1 saturated carbocycles. The Balaban J connectivity index is 1.93. The van der Waals surface area contributed by atoms with Crippen molar-refractivity contribution in [2.24, 2.45) is 5.92 Å². The summed E-state index contributed by atoms with van der Waals surface area (Å²) in [5, 5.41) is 7.27. The molecule has 116 valence electrons. The molecular formula is C16H24N2O2S. The zero-order valence-corrected chi connectivity index (χ0v) is 13.8. The van der Waals surface area contributed by atoms with Gasteiger partial charge in [0.1, 0.15) is 11.5 Å². The maximum Gasteiger partial charge on any atom is 0.170 e. The zero-order valence-electron chi connectivity index (χ0n) is 12.9. The lowest BCUT2D eigenvalue weighted by Gasteiger charge is -2.28. The largest absolute Gasteiger partial charge is 0.497 e. The number of benzene rings is 1. The predicted molar refractivity (Wildman–Crippen MR) is 90.3 cm³/mol. The number of rotatable bonds is 4. The Labute approximate surface area is 132 Å². The summed E-state index contributed by atoms with van der Waals surface area (Å²) in [4.78, 5) is 0. The monoisotopic (exact) mass is 308 g/mol. The summed E-state index contributed by atoms with van der Waals surface area (Å²) in [5.74, 6) is 2.32. The van der Waals surface area contributed by atoms with Gasteiger partial charge in [-0.05, 0) is 43.8 Å². The number of anilines is 1. The minimum atomic E-state index is 0.480. The van der Waals surface area contributed by atoms with Crippen molar-refractivity contribution in [2.45, 2.75) is 38.6 Å². The van der Waals surface area contributed by atoms with E-state index in [0.29, 0.717) is 11.2 Å². The number of thiocarbonyl (C=S) groups is 1. The van der Waals surface area contributed by atoms with Crippen LogP contribution in [0.15, 0.2) is 18.2 Å². The van der Waals surface area contributed by atoms with Crippen LogP contribution < -0.4 is 20.1 Å². The van der Waals surface area contributed by atoms with Gasteiger partial charge in [0, 0.05) is 29.9 Å². The third-order valence-corrected chi connectivity index (χ3v) is 4.18. The van der Waals surface area contributed by atoms with Crippen LogP contribution in [0.3, 0.4) is 0 Å². The fourth-order valence-electron chi connectivity index (χ4n) is 2.64. The van der Waals surface area contributed by atoms with Crippen molar-refractivity contribution in [1.29, 1.82) is 0 Å². The summed E-state index contributed by atoms with van der Waals surface area (Å²) in [6.07, 6.45) is 4.91. The van der Waals surface area contributed by atoms with Crippen molar-refractivity contribution in [3.05, 3.63) is 18.2 Å². The van der Waals surface area contributed by atoms with Crippen LogP contribution in [0, 0.1) is 5.92 Å². The quantitative estimate of drug-likeness (QED) is 0.832. The van der Waals surface area contributed by atoms with Crippen LogP contribution in [0.4, 0.5) is 5.69 Å². The fraction of sp³-hybridized carbons (Fsp3) is 0.562. The Hall–Kier alpha value is -1.49. The molecule has 5 heteroatoms. The van der Waals surface area contributed by atoms with E-state index in [1.54, 1.807) is 14.2 Å². The molecule has 0 spiro atoms. The van der Waals surface area contributed by atoms with Crippen LogP contribution in [0.2, 0.25) is 0 Å². The van der Waals surface area contributed by atoms with Crippen molar-refractivity contribution in [1.82, 2.24) is 5.32 Å². The van der Waals surface area contributed by atoms with Crippen molar-refractivity contribution in [3.8, 4) is 11.5 Å². The van der Waals surface area contributed by atoms with Crippen molar-refractivity contribution >= 4 is 23.0 Å². The molecule has 0 bridgehead atoms. The van der Waals surface area contributed by atoms with Gasteiger partial charge in [-0.2, -0.15) is 0 Å². The lowest BCUT2D eigenvalue weighted by Crippen LogP contribution is -2.39. The highest BCUT2D eigenvalue weighted by atomic mass is 32.1. The van der Waals surface area contributed by atoms with E-state index >= 15 is 0 Å². The second-order valence-corrected chi connectivity index (χ2v) is 6.06. The highest BCUT2D eigenvalue weighted by molar-refractivity contribution is 7.80. The Morgan fingerprint density at radius 2 is 1.62 bits per heavy atom. The van der Waals surface area contributed by atoms with E-state index in [1.165, 1.54) is 25.7 Å². The molecular weight excluding hydrogens is 284 g/mol. The van der Waals surface area contributed by atoms with Gasteiger partial charge in [0.2, 0.25) is 0 Å². The summed E-state index contributed by atoms with van der Waals surface area (Å²) in [6.45, 7) is 2.31. The molecule has 0 aromatic heterocycles. The van der Waals surface area contributed by atoms with Crippen LogP contribution in [-0.4, -0.2) is 25.4 Å². The third kappa shape index (κ3) is 4.77. The van der Waals surface area contributed by atoms with E-state index in [2.05, 4.69) is 17.6 Å². The van der Waals surface area contributed by atoms with Crippen molar-refractivity contribution in [3.63, 3.8) is 0 Å². The van der Waals surface area contributed by atoms with Gasteiger partial charge in [-0.25, -0.2) is 0 Å². The molecule has 0 saturated heterocycles. The summed E-state index contributed by atoms with van der Waals surface area (Å²) in [5.41, 5.74) is 0.868. The Morgan fingerprint density at radius 3 is 2.14 bits per heavy atom. The SMILES string of the molecule is COc1cc(NC(=S)NC2CCC(C)CC2)cc(OC)c1. The summed E-state index contributed by atoms with van der Waals surface area (Å²) in [6, 6.07) is 6.12. The van der Waals surface area contributed by atoms with E-state index in [1.807, 2.05) is 18.2 Å². The average Bonchev–Trinajstić information content (AvgIpc) is 2.49. The van der Waals surface area contributed by atoms with Crippen LogP contribution >= 0.6 is 12.2 Å². The smallest absolute Gasteiger partial charge is 0.170 e. The highest BCUT2D eigenvalue weighted by Crippen LogP contribution is 2.26. The Bertz CT molecular complexity index is 463. The molecule has 0 radical (unpaired) electrons. The van der Waals surface area contributed by atoms with Gasteiger partial charge in [0.15, 0.2) is 5.11 Å². The minimum absolute atomic E-state index is 0.480. The Kier molecular flexibility index (Phi) is 5.67. The second kappa shape index (κ2) is 7.50. The average molecular weight is 308 g/mol. The maximum absolute atomic E-state index is 5.40. The van der Waals surface area contributed by atoms with Crippen LogP contribution in [0.1, 0.15) is 32.6 Å². The molecule has 2 N–H and O–H groups in total. The van der Waals surface area contributed by atoms with Gasteiger partial charge in [-0.3, -0.25) is 0 Å². The first-order chi connectivity index (χ1) is 10.1. The number of nitrogens with one attached hydrogen (secondary N) is 2. The van der Waals surface area contributed by atoms with Crippen LogP contribution in [0.25, 0.3) is 0 Å². The number of methoxy groups -OCH3 is 2. The van der Waals surface area contributed by atoms with E-state index in [9.17, 15) is 0 Å². The molecule has 1 aliphatic rings. The predicted octanol–water partition coefficient (Wildman–Crippen LogP) is 3.57. The molecule has 1 fully saturated rings. The zero-order chi connectivity index (χ0) is 15.2. The molecule has 0 amide bonds. The first kappa shape index (κ1) is 15.9. The summed E-state index contributed by atoms with van der Waals surface area (Å²) in [7, 11) is 3.27. The summed E-state index contributed by atoms with van der Waals surface area (Å²) >= 11 is 5.40. The van der Waals surface area contributed by atoms with Crippen molar-refractivity contribution in [2.75, 3.05) is 19.5 Å². The first-order valence-electron chi connectivity index (χ1n) is 7.41. The molecule has 1 aliphatic carbocycles. The van der Waals surface area contributed by atoms with Crippen LogP contribution in [-0.2, 0) is 0 Å². The molecule has 0 atom stereocenters. The van der Waals surface area contributed by atoms with Gasteiger partial charge in [0.25, 0.3) is 0 Å². The highest BCUT2D eigenvalue weighted by Gasteiger charge is 2.18. The molecule has 1 aromatic rings. The number of ether oxygens (including phenoxy) is 2. The molecule has 1 aromatic carbocycles. The van der Waals surface area contributed by atoms with Gasteiger partial charge >= 0.3 is 0 Å².